The molecule has 2 aromatic carbocycles. The fraction of sp³-hybridized carbons (Fsp3) is 0.217. The van der Waals surface area contributed by atoms with Gasteiger partial charge in [0.1, 0.15) is 5.75 Å². The van der Waals surface area contributed by atoms with Gasteiger partial charge in [0.2, 0.25) is 0 Å². The first-order chi connectivity index (χ1) is 12.9. The van der Waals surface area contributed by atoms with Crippen molar-refractivity contribution in [3.05, 3.63) is 81.8 Å². The Labute approximate surface area is 159 Å². The zero-order chi connectivity index (χ0) is 19.4. The third-order valence-electron chi connectivity index (χ3n) is 4.42. The second-order valence-corrected chi connectivity index (χ2v) is 7.44. The highest BCUT2D eigenvalue weighted by Crippen LogP contribution is 2.38. The van der Waals surface area contributed by atoms with Gasteiger partial charge < -0.3 is 4.74 Å². The van der Waals surface area contributed by atoms with Gasteiger partial charge in [0, 0.05) is 17.3 Å². The van der Waals surface area contributed by atoms with E-state index in [1.54, 1.807) is 19.4 Å². The van der Waals surface area contributed by atoms with E-state index in [9.17, 15) is 4.79 Å². The molecule has 3 aromatic rings. The predicted octanol–water partition coefficient (Wildman–Crippen LogP) is 4.91. The largest absolute Gasteiger partial charge is 0.496 e. The van der Waals surface area contributed by atoms with Crippen LogP contribution < -0.4 is 10.3 Å². The Morgan fingerprint density at radius 3 is 2.41 bits per heavy atom. The summed E-state index contributed by atoms with van der Waals surface area (Å²) in [5, 5.41) is 6.31. The van der Waals surface area contributed by atoms with Gasteiger partial charge in [-0.25, -0.2) is 5.10 Å². The molecular formula is C23H24N2O2. The lowest BCUT2D eigenvalue weighted by Gasteiger charge is -2.24. The normalized spacial score (nSPS) is 11.7. The first kappa shape index (κ1) is 18.6. The van der Waals surface area contributed by atoms with Crippen LogP contribution in [0.5, 0.6) is 5.75 Å². The Morgan fingerprint density at radius 1 is 1.04 bits per heavy atom. The highest BCUT2D eigenvalue weighted by atomic mass is 16.5. The molecule has 0 saturated heterocycles. The summed E-state index contributed by atoms with van der Waals surface area (Å²) in [6.45, 7) is 6.41. The SMILES string of the molecule is COc1c(/C=C/c2ccccc2)cc(-c2ccn[nH]c2=O)cc1C(C)(C)C. The van der Waals surface area contributed by atoms with E-state index in [1.807, 2.05) is 54.6 Å². The summed E-state index contributed by atoms with van der Waals surface area (Å²) in [5.41, 5.74) is 4.16. The number of methoxy groups -OCH3 is 1. The number of nitrogens with zero attached hydrogens (tertiary/aromatic N) is 1. The van der Waals surface area contributed by atoms with Gasteiger partial charge in [0.05, 0.1) is 12.7 Å². The first-order valence-electron chi connectivity index (χ1n) is 8.90. The van der Waals surface area contributed by atoms with Crippen LogP contribution in [0.4, 0.5) is 0 Å². The van der Waals surface area contributed by atoms with Gasteiger partial charge in [-0.2, -0.15) is 5.10 Å². The van der Waals surface area contributed by atoms with E-state index in [0.29, 0.717) is 5.56 Å². The topological polar surface area (TPSA) is 55.0 Å². The molecule has 0 spiro atoms. The molecule has 3 rings (SSSR count). The number of H-pyrrole nitrogens is 1. The van der Waals surface area contributed by atoms with Crippen LogP contribution in [-0.2, 0) is 5.41 Å². The van der Waals surface area contributed by atoms with E-state index >= 15 is 0 Å². The van der Waals surface area contributed by atoms with Crippen LogP contribution in [0.15, 0.2) is 59.5 Å². The zero-order valence-electron chi connectivity index (χ0n) is 16.1. The summed E-state index contributed by atoms with van der Waals surface area (Å²) in [7, 11) is 1.68. The highest BCUT2D eigenvalue weighted by Gasteiger charge is 2.22. The van der Waals surface area contributed by atoms with Crippen LogP contribution >= 0.6 is 0 Å². The van der Waals surface area contributed by atoms with Crippen LogP contribution in [0, 0.1) is 0 Å². The van der Waals surface area contributed by atoms with Gasteiger partial charge in [0.25, 0.3) is 5.56 Å². The van der Waals surface area contributed by atoms with Crippen LogP contribution in [0.25, 0.3) is 23.3 Å². The summed E-state index contributed by atoms with van der Waals surface area (Å²) in [4.78, 5) is 12.3. The Morgan fingerprint density at radius 2 is 1.78 bits per heavy atom. The fourth-order valence-electron chi connectivity index (χ4n) is 3.04. The molecule has 0 unspecified atom stereocenters. The molecule has 1 aromatic heterocycles. The summed E-state index contributed by atoms with van der Waals surface area (Å²) in [6, 6.07) is 15.8. The van der Waals surface area contributed by atoms with Crippen LogP contribution in [0.2, 0.25) is 0 Å². The van der Waals surface area contributed by atoms with Gasteiger partial charge in [-0.05, 0) is 34.7 Å². The molecule has 1 N–H and O–H groups in total. The molecule has 0 aliphatic carbocycles. The van der Waals surface area contributed by atoms with Crippen molar-refractivity contribution >= 4 is 12.2 Å². The predicted molar refractivity (Wildman–Crippen MR) is 111 cm³/mol. The Kier molecular flexibility index (Phi) is 5.26. The quantitative estimate of drug-likeness (QED) is 0.672. The lowest BCUT2D eigenvalue weighted by molar-refractivity contribution is 0.397. The smallest absolute Gasteiger partial charge is 0.272 e. The molecule has 138 valence electrons. The number of hydrogen-bond acceptors (Lipinski definition) is 3. The number of nitrogens with one attached hydrogen (secondary N) is 1. The van der Waals surface area contributed by atoms with E-state index < -0.39 is 0 Å². The van der Waals surface area contributed by atoms with Crippen molar-refractivity contribution in [1.29, 1.82) is 0 Å². The Hall–Kier alpha value is -3.14. The fourth-order valence-corrected chi connectivity index (χ4v) is 3.04. The molecule has 27 heavy (non-hydrogen) atoms. The number of benzene rings is 2. The standard InChI is InChI=1S/C23H24N2O2/c1-23(2,3)20-15-18(19-12-13-24-25-22(19)26)14-17(21(20)27-4)11-10-16-8-6-5-7-9-16/h5-15H,1-4H3,(H,25,26)/b11-10+. The Bertz CT molecular complexity index is 1010. The highest BCUT2D eigenvalue weighted by molar-refractivity contribution is 5.78. The minimum Gasteiger partial charge on any atom is -0.496 e. The van der Waals surface area contributed by atoms with Crippen molar-refractivity contribution in [1.82, 2.24) is 10.2 Å². The maximum Gasteiger partial charge on any atom is 0.272 e. The first-order valence-corrected chi connectivity index (χ1v) is 8.90. The van der Waals surface area contributed by atoms with Gasteiger partial charge in [-0.1, -0.05) is 63.3 Å². The molecule has 4 heteroatoms. The van der Waals surface area contributed by atoms with E-state index in [4.69, 9.17) is 4.74 Å². The van der Waals surface area contributed by atoms with E-state index in [2.05, 4.69) is 31.0 Å². The summed E-state index contributed by atoms with van der Waals surface area (Å²) in [5.74, 6) is 0.823. The molecule has 0 amide bonds. The minimum atomic E-state index is -0.208. The molecular weight excluding hydrogens is 336 g/mol. The molecule has 0 radical (unpaired) electrons. The van der Waals surface area contributed by atoms with Gasteiger partial charge >= 0.3 is 0 Å². The zero-order valence-corrected chi connectivity index (χ0v) is 16.1. The molecule has 4 nitrogen and oxygen atoms in total. The van der Waals surface area contributed by atoms with E-state index in [0.717, 1.165) is 28.0 Å². The molecule has 0 aliphatic heterocycles. The lowest BCUT2D eigenvalue weighted by Crippen LogP contribution is -2.15. The molecule has 0 aliphatic rings. The van der Waals surface area contributed by atoms with Crippen molar-refractivity contribution in [3.63, 3.8) is 0 Å². The number of ether oxygens (including phenoxy) is 1. The van der Waals surface area contributed by atoms with Crippen LogP contribution in [0.3, 0.4) is 0 Å². The van der Waals surface area contributed by atoms with Crippen molar-refractivity contribution in [3.8, 4) is 16.9 Å². The third-order valence-corrected chi connectivity index (χ3v) is 4.42. The van der Waals surface area contributed by atoms with Gasteiger partial charge in [-0.3, -0.25) is 4.79 Å². The minimum absolute atomic E-state index is 0.142. The second kappa shape index (κ2) is 7.62. The number of aromatic nitrogens is 2. The summed E-state index contributed by atoms with van der Waals surface area (Å²) < 4.78 is 5.76. The van der Waals surface area contributed by atoms with E-state index in [1.165, 1.54) is 0 Å². The summed E-state index contributed by atoms with van der Waals surface area (Å²) in [6.07, 6.45) is 5.67. The van der Waals surface area contributed by atoms with Crippen molar-refractivity contribution in [2.45, 2.75) is 26.2 Å². The molecule has 0 atom stereocenters. The van der Waals surface area contributed by atoms with Crippen LogP contribution in [0.1, 0.15) is 37.5 Å². The maximum absolute atomic E-state index is 12.3. The lowest BCUT2D eigenvalue weighted by atomic mass is 9.83. The van der Waals surface area contributed by atoms with Crippen molar-refractivity contribution in [2.75, 3.05) is 7.11 Å². The monoisotopic (exact) mass is 360 g/mol. The average molecular weight is 360 g/mol. The molecule has 0 bridgehead atoms. The maximum atomic E-state index is 12.3. The number of rotatable bonds is 4. The van der Waals surface area contributed by atoms with Crippen LogP contribution in [-0.4, -0.2) is 17.3 Å². The molecule has 0 fully saturated rings. The van der Waals surface area contributed by atoms with Crippen molar-refractivity contribution in [2.24, 2.45) is 0 Å². The number of aromatic amines is 1. The second-order valence-electron chi connectivity index (χ2n) is 7.44. The number of hydrogen-bond donors (Lipinski definition) is 1. The van der Waals surface area contributed by atoms with Crippen molar-refractivity contribution < 1.29 is 4.74 Å². The molecule has 1 heterocycles. The van der Waals surface area contributed by atoms with Gasteiger partial charge in [0.15, 0.2) is 0 Å². The Balaban J connectivity index is 2.21. The van der Waals surface area contributed by atoms with Gasteiger partial charge in [-0.15, -0.1) is 0 Å². The third kappa shape index (κ3) is 4.17. The summed E-state index contributed by atoms with van der Waals surface area (Å²) >= 11 is 0. The average Bonchev–Trinajstić information content (AvgIpc) is 2.66. The van der Waals surface area contributed by atoms with E-state index in [-0.39, 0.29) is 11.0 Å². The molecule has 0 saturated carbocycles.